The molecule has 34 heavy (non-hydrogen) atoms. The number of hydrogen-bond acceptors (Lipinski definition) is 4. The third-order valence-electron chi connectivity index (χ3n) is 7.05. The van der Waals surface area contributed by atoms with E-state index in [0.29, 0.717) is 22.0 Å². The van der Waals surface area contributed by atoms with Crippen molar-refractivity contribution in [3.63, 3.8) is 0 Å². The van der Waals surface area contributed by atoms with Crippen molar-refractivity contribution in [3.05, 3.63) is 75.4 Å². The second-order valence-electron chi connectivity index (χ2n) is 10.8. The zero-order valence-corrected chi connectivity index (χ0v) is 20.2. The molecule has 2 bridgehead atoms. The topological polar surface area (TPSA) is 81.3 Å². The van der Waals surface area contributed by atoms with Gasteiger partial charge in [-0.1, -0.05) is 32.4 Å². The molecule has 2 unspecified atom stereocenters. The quantitative estimate of drug-likeness (QED) is 0.333. The maximum atomic E-state index is 13.9. The molecule has 0 spiro atoms. The molecule has 0 N–H and O–H groups in total. The SMILES string of the molecule is CC1(C)CC2CC(C)(CN2C(=O)c2cc(-c3ccc([N+](=O)[O-])cc3)nn2-c2ccc(Cl)cc2)C1. The number of benzene rings is 2. The van der Waals surface area contributed by atoms with Gasteiger partial charge in [-0.3, -0.25) is 14.9 Å². The predicted octanol–water partition coefficient (Wildman–Crippen LogP) is 6.14. The molecule has 8 heteroatoms. The minimum absolute atomic E-state index is 0.0115. The van der Waals surface area contributed by atoms with Gasteiger partial charge in [0.15, 0.2) is 0 Å². The second kappa shape index (κ2) is 7.94. The van der Waals surface area contributed by atoms with Crippen molar-refractivity contribution in [1.29, 1.82) is 0 Å². The van der Waals surface area contributed by atoms with Crippen LogP contribution in [0.1, 0.15) is 50.5 Å². The Labute approximate surface area is 203 Å². The molecule has 1 aromatic heterocycles. The first-order chi connectivity index (χ1) is 16.0. The summed E-state index contributed by atoms with van der Waals surface area (Å²) in [5.74, 6) is -0.0398. The third-order valence-corrected chi connectivity index (χ3v) is 7.30. The molecule has 1 aliphatic heterocycles. The number of hydrogen-bond donors (Lipinski definition) is 0. The second-order valence-corrected chi connectivity index (χ2v) is 11.2. The Bertz CT molecular complexity index is 1270. The molecule has 2 heterocycles. The molecule has 7 nitrogen and oxygen atoms in total. The smallest absolute Gasteiger partial charge is 0.272 e. The van der Waals surface area contributed by atoms with Gasteiger partial charge in [-0.05, 0) is 72.6 Å². The molecule has 5 rings (SSSR count). The average Bonchev–Trinajstić information content (AvgIpc) is 3.32. The number of nitrogens with zero attached hydrogens (tertiary/aromatic N) is 4. The lowest BCUT2D eigenvalue weighted by Gasteiger charge is -2.39. The van der Waals surface area contributed by atoms with Gasteiger partial charge >= 0.3 is 0 Å². The van der Waals surface area contributed by atoms with Crippen molar-refractivity contribution < 1.29 is 9.72 Å². The summed E-state index contributed by atoms with van der Waals surface area (Å²) in [5, 5.41) is 16.4. The molecule has 2 atom stereocenters. The average molecular weight is 479 g/mol. The number of carbonyl (C=O) groups excluding carboxylic acids is 1. The summed E-state index contributed by atoms with van der Waals surface area (Å²) < 4.78 is 1.66. The van der Waals surface area contributed by atoms with Crippen LogP contribution in [0.15, 0.2) is 54.6 Å². The van der Waals surface area contributed by atoms with Crippen LogP contribution in [0.2, 0.25) is 5.02 Å². The van der Waals surface area contributed by atoms with E-state index < -0.39 is 4.92 Å². The zero-order chi connectivity index (χ0) is 24.3. The number of nitro groups is 1. The summed E-state index contributed by atoms with van der Waals surface area (Å²) in [4.78, 5) is 26.6. The summed E-state index contributed by atoms with van der Waals surface area (Å²) >= 11 is 6.09. The van der Waals surface area contributed by atoms with E-state index in [1.807, 2.05) is 17.0 Å². The fraction of sp³-hybridized carbons (Fsp3) is 0.385. The largest absolute Gasteiger partial charge is 0.334 e. The number of amides is 1. The van der Waals surface area contributed by atoms with Gasteiger partial charge in [0.1, 0.15) is 5.69 Å². The fourth-order valence-corrected chi connectivity index (χ4v) is 6.18. The van der Waals surface area contributed by atoms with Crippen LogP contribution in [-0.4, -0.2) is 38.1 Å². The minimum Gasteiger partial charge on any atom is -0.334 e. The number of non-ortho nitro benzene ring substituents is 1. The first kappa shape index (κ1) is 22.6. The van der Waals surface area contributed by atoms with Gasteiger partial charge in [-0.25, -0.2) is 4.68 Å². The van der Waals surface area contributed by atoms with Crippen LogP contribution >= 0.6 is 11.6 Å². The van der Waals surface area contributed by atoms with Crippen LogP contribution in [0.5, 0.6) is 0 Å². The van der Waals surface area contributed by atoms with E-state index in [2.05, 4.69) is 20.8 Å². The van der Waals surface area contributed by atoms with Crippen LogP contribution in [0.25, 0.3) is 16.9 Å². The Morgan fingerprint density at radius 1 is 1.09 bits per heavy atom. The van der Waals surface area contributed by atoms with Crippen molar-refractivity contribution in [3.8, 4) is 16.9 Å². The first-order valence-electron chi connectivity index (χ1n) is 11.5. The summed E-state index contributed by atoms with van der Waals surface area (Å²) in [7, 11) is 0. The Kier molecular flexibility index (Phi) is 5.28. The van der Waals surface area contributed by atoms with E-state index in [9.17, 15) is 14.9 Å². The highest BCUT2D eigenvalue weighted by atomic mass is 35.5. The number of rotatable bonds is 4. The Balaban J connectivity index is 1.56. The van der Waals surface area contributed by atoms with Crippen molar-refractivity contribution in [2.45, 2.75) is 46.1 Å². The third kappa shape index (κ3) is 4.09. The lowest BCUT2D eigenvalue weighted by atomic mass is 9.65. The summed E-state index contributed by atoms with van der Waals surface area (Å²) in [6, 6.07) is 15.4. The molecular weight excluding hydrogens is 452 g/mol. The normalized spacial score (nSPS) is 23.2. The van der Waals surface area contributed by atoms with Crippen molar-refractivity contribution in [2.24, 2.45) is 10.8 Å². The highest BCUT2D eigenvalue weighted by molar-refractivity contribution is 6.30. The van der Waals surface area contributed by atoms with E-state index in [4.69, 9.17) is 16.7 Å². The van der Waals surface area contributed by atoms with E-state index in [1.165, 1.54) is 12.1 Å². The van der Waals surface area contributed by atoms with Crippen molar-refractivity contribution >= 4 is 23.2 Å². The lowest BCUT2D eigenvalue weighted by molar-refractivity contribution is -0.384. The number of carbonyl (C=O) groups is 1. The molecular formula is C26H27ClN4O3. The first-order valence-corrected chi connectivity index (χ1v) is 11.8. The zero-order valence-electron chi connectivity index (χ0n) is 19.5. The molecule has 2 aliphatic rings. The molecule has 2 fully saturated rings. The van der Waals surface area contributed by atoms with Crippen LogP contribution in [0, 0.1) is 20.9 Å². The standard InChI is InChI=1S/C26H27ClN4O3/c1-25(2)13-21-14-26(3,15-25)16-29(21)24(32)23-12-22(17-4-8-20(9-5-17)31(33)34)28-30(23)19-10-6-18(27)7-11-19/h4-12,21H,13-16H2,1-3H3. The van der Waals surface area contributed by atoms with Gasteiger partial charge in [-0.15, -0.1) is 0 Å². The van der Waals surface area contributed by atoms with Crippen LogP contribution in [0.3, 0.4) is 0 Å². The molecule has 3 aromatic rings. The summed E-state index contributed by atoms with van der Waals surface area (Å²) in [6.45, 7) is 7.59. The van der Waals surface area contributed by atoms with Crippen LogP contribution < -0.4 is 0 Å². The van der Waals surface area contributed by atoms with Crippen LogP contribution in [0.4, 0.5) is 5.69 Å². The molecule has 1 saturated carbocycles. The van der Waals surface area contributed by atoms with Gasteiger partial charge in [0.25, 0.3) is 11.6 Å². The van der Waals surface area contributed by atoms with Gasteiger partial charge in [0.2, 0.25) is 0 Å². The minimum atomic E-state index is -0.432. The number of halogens is 1. The van der Waals surface area contributed by atoms with Gasteiger partial charge in [-0.2, -0.15) is 5.10 Å². The lowest BCUT2D eigenvalue weighted by Crippen LogP contribution is -2.38. The Morgan fingerprint density at radius 3 is 2.41 bits per heavy atom. The summed E-state index contributed by atoms with van der Waals surface area (Å²) in [5.41, 5.74) is 2.83. The molecule has 1 amide bonds. The maximum absolute atomic E-state index is 13.9. The predicted molar refractivity (Wildman–Crippen MR) is 131 cm³/mol. The van der Waals surface area contributed by atoms with Crippen LogP contribution in [-0.2, 0) is 0 Å². The maximum Gasteiger partial charge on any atom is 0.272 e. The number of aromatic nitrogens is 2. The highest BCUT2D eigenvalue weighted by Crippen LogP contribution is 2.52. The number of nitro benzene ring substituents is 1. The highest BCUT2D eigenvalue weighted by Gasteiger charge is 2.51. The number of likely N-dealkylation sites (tertiary alicyclic amines) is 1. The Hall–Kier alpha value is -3.19. The molecule has 2 aromatic carbocycles. The molecule has 1 saturated heterocycles. The van der Waals surface area contributed by atoms with Gasteiger partial charge in [0, 0.05) is 35.3 Å². The van der Waals surface area contributed by atoms with E-state index >= 15 is 0 Å². The number of fused-ring (bicyclic) bond motifs is 2. The Morgan fingerprint density at radius 2 is 1.76 bits per heavy atom. The van der Waals surface area contributed by atoms with Gasteiger partial charge < -0.3 is 4.90 Å². The van der Waals surface area contributed by atoms with Crippen molar-refractivity contribution in [1.82, 2.24) is 14.7 Å². The molecule has 176 valence electrons. The fourth-order valence-electron chi connectivity index (χ4n) is 6.05. The van der Waals surface area contributed by atoms with E-state index in [-0.39, 0.29) is 28.5 Å². The monoisotopic (exact) mass is 478 g/mol. The van der Waals surface area contributed by atoms with Gasteiger partial charge in [0.05, 0.1) is 16.3 Å². The van der Waals surface area contributed by atoms with E-state index in [0.717, 1.165) is 31.5 Å². The van der Waals surface area contributed by atoms with Crippen molar-refractivity contribution in [2.75, 3.05) is 6.54 Å². The summed E-state index contributed by atoms with van der Waals surface area (Å²) in [6.07, 6.45) is 3.11. The molecule has 0 radical (unpaired) electrons. The van der Waals surface area contributed by atoms with E-state index in [1.54, 1.807) is 35.0 Å². The molecule has 1 aliphatic carbocycles.